The van der Waals surface area contributed by atoms with Crippen molar-refractivity contribution in [1.29, 1.82) is 0 Å². The molecule has 0 N–H and O–H groups in total. The van der Waals surface area contributed by atoms with Crippen molar-refractivity contribution in [2.75, 3.05) is 19.7 Å². The molecule has 2 fully saturated rings. The van der Waals surface area contributed by atoms with Gasteiger partial charge in [-0.3, -0.25) is 0 Å². The average Bonchev–Trinajstić information content (AvgIpc) is 2.19. The number of esters is 1. The third-order valence-corrected chi connectivity index (χ3v) is 3.82. The maximum atomic E-state index is 14.2. The Morgan fingerprint density at radius 3 is 2.50 bits per heavy atom. The van der Waals surface area contributed by atoms with Crippen molar-refractivity contribution in [3.05, 3.63) is 0 Å². The van der Waals surface area contributed by atoms with Crippen molar-refractivity contribution in [3.8, 4) is 0 Å². The van der Waals surface area contributed by atoms with Crippen LogP contribution in [0.4, 0.5) is 4.39 Å². The van der Waals surface area contributed by atoms with E-state index in [9.17, 15) is 9.18 Å². The molecule has 1 heterocycles. The highest BCUT2D eigenvalue weighted by Crippen LogP contribution is 2.33. The van der Waals surface area contributed by atoms with E-state index in [2.05, 4.69) is 4.90 Å². The molecule has 0 unspecified atom stereocenters. The highest BCUT2D eigenvalue weighted by Gasteiger charge is 2.44. The van der Waals surface area contributed by atoms with Gasteiger partial charge in [0.25, 0.3) is 0 Å². The van der Waals surface area contributed by atoms with Crippen LogP contribution < -0.4 is 0 Å². The molecular formula is C12H20FNO2. The molecule has 16 heavy (non-hydrogen) atoms. The van der Waals surface area contributed by atoms with Crippen molar-refractivity contribution in [2.45, 2.75) is 50.7 Å². The Morgan fingerprint density at radius 2 is 2.06 bits per heavy atom. The number of piperidine rings is 1. The molecule has 1 aliphatic heterocycles. The first kappa shape index (κ1) is 11.8. The van der Waals surface area contributed by atoms with Crippen LogP contribution in [-0.2, 0) is 9.53 Å². The zero-order valence-corrected chi connectivity index (χ0v) is 9.88. The van der Waals surface area contributed by atoms with E-state index >= 15 is 0 Å². The topological polar surface area (TPSA) is 29.5 Å². The quantitative estimate of drug-likeness (QED) is 0.692. The molecule has 0 aromatic heterocycles. The molecule has 0 bridgehead atoms. The molecule has 0 aromatic carbocycles. The molecule has 0 aromatic rings. The van der Waals surface area contributed by atoms with Gasteiger partial charge in [0.05, 0.1) is 6.61 Å². The van der Waals surface area contributed by atoms with Crippen molar-refractivity contribution in [1.82, 2.24) is 4.90 Å². The molecule has 1 saturated carbocycles. The first-order chi connectivity index (χ1) is 7.65. The Hall–Kier alpha value is -0.640. The molecule has 2 aliphatic rings. The molecule has 4 heteroatoms. The molecule has 0 spiro atoms. The fraction of sp³-hybridized carbons (Fsp3) is 0.917. The number of ether oxygens (including phenoxy) is 1. The van der Waals surface area contributed by atoms with Gasteiger partial charge in [-0.05, 0) is 19.8 Å². The Bertz CT molecular complexity index is 258. The second-order valence-electron chi connectivity index (χ2n) is 4.81. The number of alkyl halides is 1. The van der Waals surface area contributed by atoms with Gasteiger partial charge in [-0.2, -0.15) is 0 Å². The first-order valence-electron chi connectivity index (χ1n) is 6.26. The lowest BCUT2D eigenvalue weighted by molar-refractivity contribution is -0.161. The predicted molar refractivity (Wildman–Crippen MR) is 58.9 cm³/mol. The summed E-state index contributed by atoms with van der Waals surface area (Å²) >= 11 is 0. The molecular weight excluding hydrogens is 209 g/mol. The van der Waals surface area contributed by atoms with Crippen LogP contribution in [0, 0.1) is 0 Å². The largest absolute Gasteiger partial charge is 0.464 e. The standard InChI is InChI=1S/C12H20FNO2/c1-2-16-11(15)12(13)6-8-14(9-7-12)10-4-3-5-10/h10H,2-9H2,1H3. The molecule has 0 amide bonds. The minimum atomic E-state index is -1.73. The smallest absolute Gasteiger partial charge is 0.343 e. The second-order valence-corrected chi connectivity index (χ2v) is 4.81. The summed E-state index contributed by atoms with van der Waals surface area (Å²) in [5.41, 5.74) is -1.73. The third kappa shape index (κ3) is 2.21. The Kier molecular flexibility index (Phi) is 3.47. The lowest BCUT2D eigenvalue weighted by atomic mass is 9.86. The Morgan fingerprint density at radius 1 is 1.44 bits per heavy atom. The van der Waals surface area contributed by atoms with Crippen molar-refractivity contribution in [3.63, 3.8) is 0 Å². The van der Waals surface area contributed by atoms with Crippen LogP contribution in [0.15, 0.2) is 0 Å². The summed E-state index contributed by atoms with van der Waals surface area (Å²) in [5, 5.41) is 0. The van der Waals surface area contributed by atoms with E-state index in [0.29, 0.717) is 32.0 Å². The number of nitrogens with zero attached hydrogens (tertiary/aromatic N) is 1. The van der Waals surface area contributed by atoms with E-state index in [1.807, 2.05) is 0 Å². The zero-order chi connectivity index (χ0) is 11.6. The summed E-state index contributed by atoms with van der Waals surface area (Å²) in [6.45, 7) is 3.36. The molecule has 3 nitrogen and oxygen atoms in total. The van der Waals surface area contributed by atoms with Crippen LogP contribution in [0.1, 0.15) is 39.0 Å². The van der Waals surface area contributed by atoms with Gasteiger partial charge in [-0.15, -0.1) is 0 Å². The molecule has 0 atom stereocenters. The monoisotopic (exact) mass is 229 g/mol. The van der Waals surface area contributed by atoms with E-state index < -0.39 is 11.6 Å². The van der Waals surface area contributed by atoms with Gasteiger partial charge in [0.2, 0.25) is 5.67 Å². The lowest BCUT2D eigenvalue weighted by Gasteiger charge is -2.42. The molecule has 0 radical (unpaired) electrons. The number of likely N-dealkylation sites (tertiary alicyclic amines) is 1. The SMILES string of the molecule is CCOC(=O)C1(F)CCN(C2CCC2)CC1. The van der Waals surface area contributed by atoms with Gasteiger partial charge in [0.15, 0.2) is 0 Å². The molecule has 2 rings (SSSR count). The molecule has 92 valence electrons. The van der Waals surface area contributed by atoms with Gasteiger partial charge < -0.3 is 9.64 Å². The van der Waals surface area contributed by atoms with E-state index in [0.717, 1.165) is 0 Å². The summed E-state index contributed by atoms with van der Waals surface area (Å²) in [6.07, 6.45) is 4.35. The number of halogens is 1. The first-order valence-corrected chi connectivity index (χ1v) is 6.26. The third-order valence-electron chi connectivity index (χ3n) is 3.82. The Balaban J connectivity index is 1.85. The van der Waals surface area contributed by atoms with Gasteiger partial charge in [-0.1, -0.05) is 6.42 Å². The van der Waals surface area contributed by atoms with Gasteiger partial charge in [-0.25, -0.2) is 9.18 Å². The number of rotatable bonds is 3. The van der Waals surface area contributed by atoms with Crippen molar-refractivity contribution >= 4 is 5.97 Å². The minimum absolute atomic E-state index is 0.261. The maximum Gasteiger partial charge on any atom is 0.343 e. The van der Waals surface area contributed by atoms with E-state index in [4.69, 9.17) is 4.74 Å². The van der Waals surface area contributed by atoms with Crippen molar-refractivity contribution < 1.29 is 13.9 Å². The summed E-state index contributed by atoms with van der Waals surface area (Å²) in [5.74, 6) is -0.664. The molecule has 1 saturated heterocycles. The molecule has 1 aliphatic carbocycles. The average molecular weight is 229 g/mol. The maximum absolute atomic E-state index is 14.2. The lowest BCUT2D eigenvalue weighted by Crippen LogP contribution is -2.51. The fourth-order valence-corrected chi connectivity index (χ4v) is 2.46. The van der Waals surface area contributed by atoms with E-state index in [1.165, 1.54) is 19.3 Å². The highest BCUT2D eigenvalue weighted by molar-refractivity contribution is 5.79. The fourth-order valence-electron chi connectivity index (χ4n) is 2.46. The van der Waals surface area contributed by atoms with E-state index in [1.54, 1.807) is 6.92 Å². The van der Waals surface area contributed by atoms with E-state index in [-0.39, 0.29) is 6.61 Å². The van der Waals surface area contributed by atoms with Crippen LogP contribution in [-0.4, -0.2) is 42.3 Å². The summed E-state index contributed by atoms with van der Waals surface area (Å²) in [4.78, 5) is 13.8. The predicted octanol–water partition coefficient (Wildman–Crippen LogP) is 1.91. The second kappa shape index (κ2) is 4.70. The number of hydrogen-bond donors (Lipinski definition) is 0. The summed E-state index contributed by atoms with van der Waals surface area (Å²) in [7, 11) is 0. The van der Waals surface area contributed by atoms with Crippen LogP contribution >= 0.6 is 0 Å². The summed E-state index contributed by atoms with van der Waals surface area (Å²) in [6, 6.07) is 0.645. The van der Waals surface area contributed by atoms with Crippen LogP contribution in [0.2, 0.25) is 0 Å². The zero-order valence-electron chi connectivity index (χ0n) is 9.88. The van der Waals surface area contributed by atoms with Gasteiger partial charge in [0, 0.05) is 32.0 Å². The van der Waals surface area contributed by atoms with Gasteiger partial charge in [0.1, 0.15) is 0 Å². The Labute approximate surface area is 95.9 Å². The number of carbonyl (C=O) groups excluding carboxylic acids is 1. The normalized spacial score (nSPS) is 26.1. The van der Waals surface area contributed by atoms with Gasteiger partial charge >= 0.3 is 5.97 Å². The highest BCUT2D eigenvalue weighted by atomic mass is 19.1. The van der Waals surface area contributed by atoms with Crippen LogP contribution in [0.5, 0.6) is 0 Å². The van der Waals surface area contributed by atoms with Crippen molar-refractivity contribution in [2.24, 2.45) is 0 Å². The van der Waals surface area contributed by atoms with Crippen LogP contribution in [0.3, 0.4) is 0 Å². The van der Waals surface area contributed by atoms with Crippen LogP contribution in [0.25, 0.3) is 0 Å². The number of carbonyl (C=O) groups is 1. The summed E-state index contributed by atoms with van der Waals surface area (Å²) < 4.78 is 19.0. The number of hydrogen-bond acceptors (Lipinski definition) is 3. The minimum Gasteiger partial charge on any atom is -0.464 e.